The summed E-state index contributed by atoms with van der Waals surface area (Å²) in [6, 6.07) is 6.95. The van der Waals surface area contributed by atoms with Crippen LogP contribution in [0.5, 0.6) is 0 Å². The number of halogens is 2. The van der Waals surface area contributed by atoms with Crippen LogP contribution in [0, 0.1) is 11.7 Å². The van der Waals surface area contributed by atoms with Gasteiger partial charge < -0.3 is 19.7 Å². The zero-order valence-electron chi connectivity index (χ0n) is 17.5. The van der Waals surface area contributed by atoms with Gasteiger partial charge in [-0.1, -0.05) is 12.1 Å². The molecule has 2 aliphatic heterocycles. The number of morpholine rings is 1. The van der Waals surface area contributed by atoms with Crippen LogP contribution < -0.4 is 5.32 Å². The van der Waals surface area contributed by atoms with E-state index in [0.29, 0.717) is 25.7 Å². The number of nitrogens with zero attached hydrogens (tertiary/aromatic N) is 3. The van der Waals surface area contributed by atoms with E-state index in [1.54, 1.807) is 19.2 Å². The molecule has 29 heavy (non-hydrogen) atoms. The van der Waals surface area contributed by atoms with Crippen molar-refractivity contribution in [2.45, 2.75) is 19.4 Å². The van der Waals surface area contributed by atoms with Crippen molar-refractivity contribution < 1.29 is 13.9 Å². The van der Waals surface area contributed by atoms with Crippen molar-refractivity contribution in [3.63, 3.8) is 0 Å². The lowest BCUT2D eigenvalue weighted by Gasteiger charge is -2.34. The van der Waals surface area contributed by atoms with Crippen molar-refractivity contribution in [2.75, 3.05) is 66.2 Å². The minimum absolute atomic E-state index is 0. The predicted octanol–water partition coefficient (Wildman–Crippen LogP) is 2.75. The molecule has 2 saturated heterocycles. The molecule has 0 amide bonds. The van der Waals surface area contributed by atoms with E-state index in [1.807, 2.05) is 6.07 Å². The van der Waals surface area contributed by atoms with Gasteiger partial charge in [0.15, 0.2) is 5.96 Å². The minimum atomic E-state index is -0.200. The molecule has 6 nitrogen and oxygen atoms in total. The number of ether oxygens (including phenoxy) is 2. The number of aliphatic imine (C=N–C) groups is 1. The highest BCUT2D eigenvalue weighted by atomic mass is 127. The lowest BCUT2D eigenvalue weighted by Crippen LogP contribution is -2.43. The first-order valence-corrected chi connectivity index (χ1v) is 10.3. The largest absolute Gasteiger partial charge is 0.384 e. The molecule has 1 N–H and O–H groups in total. The molecule has 0 aliphatic carbocycles. The number of rotatable bonds is 7. The third-order valence-corrected chi connectivity index (χ3v) is 5.46. The minimum Gasteiger partial charge on any atom is -0.384 e. The topological polar surface area (TPSA) is 49.3 Å². The molecule has 1 aromatic rings. The maximum Gasteiger partial charge on any atom is 0.193 e. The number of benzene rings is 1. The van der Waals surface area contributed by atoms with Gasteiger partial charge >= 0.3 is 0 Å². The summed E-state index contributed by atoms with van der Waals surface area (Å²) in [4.78, 5) is 9.62. The normalized spacial score (nSPS) is 21.7. The second-order valence-electron chi connectivity index (χ2n) is 7.47. The molecule has 0 radical (unpaired) electrons. The van der Waals surface area contributed by atoms with Crippen LogP contribution in [-0.4, -0.2) is 82.0 Å². The molecule has 3 rings (SSSR count). The molecule has 164 valence electrons. The Morgan fingerprint density at radius 2 is 2.14 bits per heavy atom. The van der Waals surface area contributed by atoms with Crippen molar-refractivity contribution in [3.8, 4) is 0 Å². The highest BCUT2D eigenvalue weighted by Crippen LogP contribution is 2.24. The summed E-state index contributed by atoms with van der Waals surface area (Å²) in [7, 11) is 1.76. The van der Waals surface area contributed by atoms with E-state index in [0.717, 1.165) is 57.3 Å². The van der Waals surface area contributed by atoms with Gasteiger partial charge in [0, 0.05) is 45.8 Å². The first-order valence-electron chi connectivity index (χ1n) is 10.3. The fraction of sp³-hybridized carbons (Fsp3) is 0.667. The summed E-state index contributed by atoms with van der Waals surface area (Å²) in [5, 5.41) is 3.43. The number of hydrogen-bond donors (Lipinski definition) is 1. The van der Waals surface area contributed by atoms with Crippen LogP contribution in [-0.2, 0) is 9.47 Å². The summed E-state index contributed by atoms with van der Waals surface area (Å²) in [5.74, 6) is 1.29. The van der Waals surface area contributed by atoms with Crippen LogP contribution in [0.15, 0.2) is 29.3 Å². The Bertz CT molecular complexity index is 643. The molecule has 8 heteroatoms. The van der Waals surface area contributed by atoms with Crippen LogP contribution in [0.1, 0.15) is 24.9 Å². The Morgan fingerprint density at radius 1 is 1.34 bits per heavy atom. The smallest absolute Gasteiger partial charge is 0.193 e. The number of guanidine groups is 1. The Labute approximate surface area is 190 Å². The SMILES string of the molecule is CCNC(=NCC(c1cccc(F)c1)N1CCOCC1)N1CCC(COC)C1.I. The lowest BCUT2D eigenvalue weighted by atomic mass is 10.0. The van der Waals surface area contributed by atoms with Gasteiger partial charge in [-0.25, -0.2) is 4.39 Å². The van der Waals surface area contributed by atoms with Crippen LogP contribution in [0.25, 0.3) is 0 Å². The zero-order chi connectivity index (χ0) is 19.8. The van der Waals surface area contributed by atoms with Crippen LogP contribution >= 0.6 is 24.0 Å². The van der Waals surface area contributed by atoms with Crippen LogP contribution in [0.3, 0.4) is 0 Å². The van der Waals surface area contributed by atoms with Gasteiger partial charge in [0.25, 0.3) is 0 Å². The average molecular weight is 520 g/mol. The molecular weight excluding hydrogens is 486 g/mol. The van der Waals surface area contributed by atoms with Crippen molar-refractivity contribution in [1.82, 2.24) is 15.1 Å². The lowest BCUT2D eigenvalue weighted by molar-refractivity contribution is 0.0179. The third-order valence-electron chi connectivity index (χ3n) is 5.46. The third kappa shape index (κ3) is 7.04. The van der Waals surface area contributed by atoms with E-state index in [-0.39, 0.29) is 35.8 Å². The molecule has 2 aliphatic rings. The van der Waals surface area contributed by atoms with E-state index < -0.39 is 0 Å². The molecule has 0 spiro atoms. The summed E-state index contributed by atoms with van der Waals surface area (Å²) in [5.41, 5.74) is 0.972. The first-order chi connectivity index (χ1) is 13.7. The number of nitrogens with one attached hydrogen (secondary N) is 1. The highest BCUT2D eigenvalue weighted by molar-refractivity contribution is 14.0. The molecule has 2 atom stereocenters. The van der Waals surface area contributed by atoms with E-state index in [9.17, 15) is 4.39 Å². The van der Waals surface area contributed by atoms with E-state index in [1.165, 1.54) is 6.07 Å². The van der Waals surface area contributed by atoms with Crippen LogP contribution in [0.4, 0.5) is 4.39 Å². The van der Waals surface area contributed by atoms with Gasteiger partial charge in [-0.05, 0) is 31.0 Å². The second kappa shape index (κ2) is 12.7. The summed E-state index contributed by atoms with van der Waals surface area (Å²) >= 11 is 0. The number of methoxy groups -OCH3 is 1. The fourth-order valence-corrected chi connectivity index (χ4v) is 4.03. The van der Waals surface area contributed by atoms with E-state index in [4.69, 9.17) is 14.5 Å². The van der Waals surface area contributed by atoms with Crippen molar-refractivity contribution in [1.29, 1.82) is 0 Å². The van der Waals surface area contributed by atoms with Gasteiger partial charge in [0.05, 0.1) is 32.4 Å². The van der Waals surface area contributed by atoms with E-state index in [2.05, 4.69) is 22.0 Å². The second-order valence-corrected chi connectivity index (χ2v) is 7.47. The fourth-order valence-electron chi connectivity index (χ4n) is 4.03. The first kappa shape index (κ1) is 24.3. The van der Waals surface area contributed by atoms with Crippen molar-refractivity contribution in [3.05, 3.63) is 35.6 Å². The molecule has 1 aromatic carbocycles. The summed E-state index contributed by atoms with van der Waals surface area (Å²) in [6.45, 7) is 9.34. The van der Waals surface area contributed by atoms with Gasteiger partial charge in [0.2, 0.25) is 0 Å². The van der Waals surface area contributed by atoms with Gasteiger partial charge in [-0.3, -0.25) is 9.89 Å². The van der Waals surface area contributed by atoms with Crippen molar-refractivity contribution in [2.24, 2.45) is 10.9 Å². The Hall–Kier alpha value is -0.970. The van der Waals surface area contributed by atoms with Crippen LogP contribution in [0.2, 0.25) is 0 Å². The Morgan fingerprint density at radius 3 is 2.83 bits per heavy atom. The maximum absolute atomic E-state index is 13.9. The summed E-state index contributed by atoms with van der Waals surface area (Å²) < 4.78 is 24.7. The van der Waals surface area contributed by atoms with Gasteiger partial charge in [-0.2, -0.15) is 0 Å². The molecule has 2 heterocycles. The Balaban J connectivity index is 0.00000300. The van der Waals surface area contributed by atoms with Crippen molar-refractivity contribution >= 4 is 29.9 Å². The highest BCUT2D eigenvalue weighted by Gasteiger charge is 2.26. The molecular formula is C21H34FIN4O2. The Kier molecular flexibility index (Phi) is 10.6. The average Bonchev–Trinajstić information content (AvgIpc) is 3.17. The monoisotopic (exact) mass is 520 g/mol. The van der Waals surface area contributed by atoms with Gasteiger partial charge in [-0.15, -0.1) is 24.0 Å². The maximum atomic E-state index is 13.9. The van der Waals surface area contributed by atoms with E-state index >= 15 is 0 Å². The summed E-state index contributed by atoms with van der Waals surface area (Å²) in [6.07, 6.45) is 1.12. The molecule has 2 unspecified atom stereocenters. The standard InChI is InChI=1S/C21H33FN4O2.HI/c1-3-23-21(26-8-7-17(15-26)16-27-2)24-14-20(25-9-11-28-12-10-25)18-5-4-6-19(22)13-18;/h4-6,13,17,20H,3,7-12,14-16H2,1-2H3,(H,23,24);1H. The molecule has 0 saturated carbocycles. The molecule has 0 aromatic heterocycles. The molecule has 0 bridgehead atoms. The predicted molar refractivity (Wildman–Crippen MR) is 124 cm³/mol. The zero-order valence-corrected chi connectivity index (χ0v) is 19.8. The van der Waals surface area contributed by atoms with Gasteiger partial charge in [0.1, 0.15) is 5.82 Å². The quantitative estimate of drug-likeness (QED) is 0.341. The number of likely N-dealkylation sites (tertiary alicyclic amines) is 1. The molecule has 2 fully saturated rings. The number of hydrogen-bond acceptors (Lipinski definition) is 4.